The van der Waals surface area contributed by atoms with Gasteiger partial charge in [0.05, 0.1) is 29.5 Å². The molecular weight excluding hydrogens is 428 g/mol. The molecule has 1 aliphatic carbocycles. The van der Waals surface area contributed by atoms with E-state index in [1.54, 1.807) is 6.21 Å². The van der Waals surface area contributed by atoms with E-state index in [0.717, 1.165) is 32.5 Å². The smallest absolute Gasteiger partial charge is 0.244 e. The summed E-state index contributed by atoms with van der Waals surface area (Å²) in [5.74, 6) is 1.17. The van der Waals surface area contributed by atoms with Crippen molar-refractivity contribution in [3.63, 3.8) is 0 Å². The van der Waals surface area contributed by atoms with Crippen LogP contribution < -0.4 is 10.7 Å². The minimum atomic E-state index is 0.126. The van der Waals surface area contributed by atoms with Gasteiger partial charge in [-0.25, -0.2) is 15.4 Å². The quantitative estimate of drug-likeness (QED) is 0.464. The monoisotopic (exact) mass is 444 g/mol. The van der Waals surface area contributed by atoms with Crippen LogP contribution in [0.5, 0.6) is 0 Å². The Morgan fingerprint density at radius 3 is 2.76 bits per heavy atom. The summed E-state index contributed by atoms with van der Waals surface area (Å²) in [6, 6.07) is 16.4. The zero-order valence-electron chi connectivity index (χ0n) is 15.3. The molecular formula is C22H17BrN6. The highest BCUT2D eigenvalue weighted by Crippen LogP contribution is 2.29. The van der Waals surface area contributed by atoms with Crippen molar-refractivity contribution in [2.45, 2.75) is 12.1 Å². The van der Waals surface area contributed by atoms with E-state index in [0.29, 0.717) is 5.95 Å². The Hall–Kier alpha value is -3.32. The van der Waals surface area contributed by atoms with Crippen LogP contribution >= 0.6 is 15.9 Å². The highest BCUT2D eigenvalue weighted by Gasteiger charge is 2.24. The maximum atomic E-state index is 4.71. The molecule has 3 aromatic rings. The van der Waals surface area contributed by atoms with Gasteiger partial charge in [-0.05, 0) is 18.2 Å². The molecule has 1 aromatic heterocycles. The number of hydrogen-bond acceptors (Lipinski definition) is 6. The fraction of sp³-hybridized carbons (Fsp3) is 0.0909. The number of nitrogens with zero attached hydrogens (tertiary/aromatic N) is 4. The molecule has 0 saturated heterocycles. The molecule has 0 spiro atoms. The first-order valence-corrected chi connectivity index (χ1v) is 10.1. The molecule has 0 radical (unpaired) electrons. The molecule has 2 aliphatic rings. The molecule has 0 bridgehead atoms. The van der Waals surface area contributed by atoms with Crippen LogP contribution in [0.15, 0.2) is 87.4 Å². The fourth-order valence-corrected chi connectivity index (χ4v) is 3.77. The maximum Gasteiger partial charge on any atom is 0.244 e. The minimum absolute atomic E-state index is 0.126. The zero-order chi connectivity index (χ0) is 19.6. The van der Waals surface area contributed by atoms with Gasteiger partial charge in [-0.15, -0.1) is 0 Å². The molecule has 7 heteroatoms. The molecule has 2 heterocycles. The molecule has 0 amide bonds. The summed E-state index contributed by atoms with van der Waals surface area (Å²) in [7, 11) is 0. The third kappa shape index (κ3) is 3.69. The molecule has 0 saturated carbocycles. The first-order chi connectivity index (χ1) is 14.3. The van der Waals surface area contributed by atoms with Gasteiger partial charge in [0.25, 0.3) is 0 Å². The van der Waals surface area contributed by atoms with Gasteiger partial charge in [-0.3, -0.25) is 4.99 Å². The van der Waals surface area contributed by atoms with Crippen LogP contribution in [-0.2, 0) is 0 Å². The van der Waals surface area contributed by atoms with E-state index in [1.165, 1.54) is 0 Å². The molecule has 6 nitrogen and oxygen atoms in total. The van der Waals surface area contributed by atoms with Crippen molar-refractivity contribution in [1.82, 2.24) is 15.3 Å². The zero-order valence-corrected chi connectivity index (χ0v) is 16.9. The first kappa shape index (κ1) is 17.8. The molecule has 142 valence electrons. The third-order valence-corrected chi connectivity index (χ3v) is 5.26. The number of hydrogen-bond donors (Lipinski definition) is 2. The number of rotatable bonds is 4. The van der Waals surface area contributed by atoms with Gasteiger partial charge in [0.2, 0.25) is 5.95 Å². The van der Waals surface area contributed by atoms with Gasteiger partial charge in [0, 0.05) is 15.4 Å². The van der Waals surface area contributed by atoms with E-state index in [9.17, 15) is 0 Å². The molecule has 0 fully saturated rings. The van der Waals surface area contributed by atoms with E-state index in [1.807, 2.05) is 60.7 Å². The SMILES string of the molecule is Brc1ccc2nc(N/N=C\C3=N[C@H]4C=CC=C[C@@H]4N3)nc(-c3ccccc3)c2c1. The van der Waals surface area contributed by atoms with Crippen molar-refractivity contribution >= 4 is 44.8 Å². The topological polar surface area (TPSA) is 74.6 Å². The average Bonchev–Trinajstić information content (AvgIpc) is 3.17. The molecule has 1 aliphatic heterocycles. The van der Waals surface area contributed by atoms with E-state index in [-0.39, 0.29) is 12.1 Å². The Morgan fingerprint density at radius 2 is 1.90 bits per heavy atom. The van der Waals surface area contributed by atoms with E-state index < -0.39 is 0 Å². The normalized spacial score (nSPS) is 20.0. The lowest BCUT2D eigenvalue weighted by Crippen LogP contribution is -2.33. The lowest BCUT2D eigenvalue weighted by Gasteiger charge is -2.12. The number of nitrogens with one attached hydrogen (secondary N) is 2. The number of anilines is 1. The number of amidine groups is 1. The Morgan fingerprint density at radius 1 is 1.03 bits per heavy atom. The van der Waals surface area contributed by atoms with E-state index in [4.69, 9.17) is 4.98 Å². The van der Waals surface area contributed by atoms with Crippen molar-refractivity contribution in [2.75, 3.05) is 5.43 Å². The van der Waals surface area contributed by atoms with Gasteiger partial charge >= 0.3 is 0 Å². The van der Waals surface area contributed by atoms with Crippen molar-refractivity contribution in [1.29, 1.82) is 0 Å². The summed E-state index contributed by atoms with van der Waals surface area (Å²) in [5, 5.41) is 8.60. The lowest BCUT2D eigenvalue weighted by atomic mass is 10.1. The first-order valence-electron chi connectivity index (χ1n) is 9.27. The van der Waals surface area contributed by atoms with Crippen molar-refractivity contribution in [3.05, 3.63) is 77.3 Å². The number of benzene rings is 2. The minimum Gasteiger partial charge on any atom is -0.360 e. The predicted molar refractivity (Wildman–Crippen MR) is 121 cm³/mol. The van der Waals surface area contributed by atoms with Crippen LogP contribution in [0.4, 0.5) is 5.95 Å². The fourth-order valence-electron chi connectivity index (χ4n) is 3.41. The van der Waals surface area contributed by atoms with Crippen LogP contribution in [-0.4, -0.2) is 34.1 Å². The third-order valence-electron chi connectivity index (χ3n) is 4.76. The van der Waals surface area contributed by atoms with E-state index >= 15 is 0 Å². The lowest BCUT2D eigenvalue weighted by molar-refractivity contribution is 0.696. The molecule has 2 atom stereocenters. The van der Waals surface area contributed by atoms with Crippen LogP contribution in [0.3, 0.4) is 0 Å². The second kappa shape index (κ2) is 7.60. The van der Waals surface area contributed by atoms with Crippen LogP contribution in [0.25, 0.3) is 22.2 Å². The molecule has 2 N–H and O–H groups in total. The maximum absolute atomic E-state index is 4.71. The molecule has 0 unspecified atom stereocenters. The number of halogens is 1. The highest BCUT2D eigenvalue weighted by molar-refractivity contribution is 9.10. The Bertz CT molecular complexity index is 1180. The number of aromatic nitrogens is 2. The largest absolute Gasteiger partial charge is 0.360 e. The molecule has 29 heavy (non-hydrogen) atoms. The summed E-state index contributed by atoms with van der Waals surface area (Å²) in [5.41, 5.74) is 5.67. The van der Waals surface area contributed by atoms with Crippen LogP contribution in [0, 0.1) is 0 Å². The van der Waals surface area contributed by atoms with Crippen molar-refractivity contribution in [2.24, 2.45) is 10.1 Å². The van der Waals surface area contributed by atoms with Gasteiger partial charge < -0.3 is 5.32 Å². The number of hydrazone groups is 1. The Labute approximate surface area is 176 Å². The molecule has 2 aromatic carbocycles. The molecule has 5 rings (SSSR count). The average molecular weight is 445 g/mol. The predicted octanol–water partition coefficient (Wildman–Crippen LogP) is 4.32. The standard InChI is InChI=1S/C22H17BrN6/c23-15-10-11-17-16(12-15)21(14-6-2-1-3-7-14)28-22(27-17)29-24-13-20-25-18-8-4-5-9-19(18)26-20/h1-13,18-19H,(H,25,26)(H,27,28,29)/b24-13-/t18-,19-/m0/s1. The summed E-state index contributed by atoms with van der Waals surface area (Å²) < 4.78 is 0.986. The van der Waals surface area contributed by atoms with Gasteiger partial charge in [-0.2, -0.15) is 5.10 Å². The number of allylic oxidation sites excluding steroid dienone is 2. The summed E-state index contributed by atoms with van der Waals surface area (Å²) >= 11 is 3.54. The summed E-state index contributed by atoms with van der Waals surface area (Å²) in [6.45, 7) is 0. The van der Waals surface area contributed by atoms with Gasteiger partial charge in [-0.1, -0.05) is 70.6 Å². The summed E-state index contributed by atoms with van der Waals surface area (Å²) in [6.07, 6.45) is 9.87. The van der Waals surface area contributed by atoms with Crippen LogP contribution in [0.2, 0.25) is 0 Å². The summed E-state index contributed by atoms with van der Waals surface area (Å²) in [4.78, 5) is 13.9. The highest BCUT2D eigenvalue weighted by atomic mass is 79.9. The van der Waals surface area contributed by atoms with Crippen molar-refractivity contribution < 1.29 is 0 Å². The van der Waals surface area contributed by atoms with E-state index in [2.05, 4.69) is 53.9 Å². The van der Waals surface area contributed by atoms with Crippen LogP contribution in [0.1, 0.15) is 0 Å². The van der Waals surface area contributed by atoms with Crippen molar-refractivity contribution in [3.8, 4) is 11.3 Å². The van der Waals surface area contributed by atoms with Gasteiger partial charge in [0.1, 0.15) is 5.84 Å². The Balaban J connectivity index is 1.44. The second-order valence-electron chi connectivity index (χ2n) is 6.74. The number of fused-ring (bicyclic) bond motifs is 2. The second-order valence-corrected chi connectivity index (χ2v) is 7.65. The number of aliphatic imine (C=N–C) groups is 1. The Kier molecular flexibility index (Phi) is 4.65. The van der Waals surface area contributed by atoms with Gasteiger partial charge in [0.15, 0.2) is 0 Å².